The number of carboxylic acids is 1. The van der Waals surface area contributed by atoms with Crippen LogP contribution < -0.4 is 5.56 Å². The van der Waals surface area contributed by atoms with E-state index in [4.69, 9.17) is 11.5 Å². The number of aryl methyl sites for hydroxylation is 1. The molecule has 1 N–H and O–H groups in total. The van der Waals surface area contributed by atoms with Gasteiger partial charge in [0.2, 0.25) is 0 Å². The standard InChI is InChI=1S/C10H9NO3/c1-2-3-6-11-7-4-5-8(9(11)12)10(13)14/h1,4-5,7H,3,6H2,(H,13,14). The molecule has 0 amide bonds. The molecule has 72 valence electrons. The molecule has 0 saturated heterocycles. The second kappa shape index (κ2) is 4.28. The summed E-state index contributed by atoms with van der Waals surface area (Å²) in [5.74, 6) is 1.17. The number of carboxylic acid groups (broad SMARTS) is 1. The molecule has 0 atom stereocenters. The predicted molar refractivity (Wildman–Crippen MR) is 51.1 cm³/mol. The van der Waals surface area contributed by atoms with E-state index in [2.05, 4.69) is 5.92 Å². The molecule has 0 radical (unpaired) electrons. The average molecular weight is 191 g/mol. The van der Waals surface area contributed by atoms with E-state index in [0.29, 0.717) is 13.0 Å². The molecule has 0 aliphatic rings. The fourth-order valence-electron chi connectivity index (χ4n) is 1.06. The zero-order chi connectivity index (χ0) is 10.6. The lowest BCUT2D eigenvalue weighted by Crippen LogP contribution is -2.25. The van der Waals surface area contributed by atoms with Crippen LogP contribution in [0.5, 0.6) is 0 Å². The van der Waals surface area contributed by atoms with Crippen molar-refractivity contribution in [2.24, 2.45) is 0 Å². The molecule has 14 heavy (non-hydrogen) atoms. The summed E-state index contributed by atoms with van der Waals surface area (Å²) in [5.41, 5.74) is -0.750. The molecule has 1 aromatic heterocycles. The lowest BCUT2D eigenvalue weighted by atomic mass is 10.3. The van der Waals surface area contributed by atoms with Gasteiger partial charge in [0.05, 0.1) is 0 Å². The van der Waals surface area contributed by atoms with Crippen molar-refractivity contribution < 1.29 is 9.90 Å². The third kappa shape index (κ3) is 2.02. The first-order valence-corrected chi connectivity index (χ1v) is 4.03. The van der Waals surface area contributed by atoms with Crippen molar-refractivity contribution in [1.29, 1.82) is 0 Å². The summed E-state index contributed by atoms with van der Waals surface area (Å²) < 4.78 is 1.29. The van der Waals surface area contributed by atoms with Gasteiger partial charge in [0.15, 0.2) is 0 Å². The Morgan fingerprint density at radius 1 is 1.64 bits per heavy atom. The SMILES string of the molecule is C#CCCn1cccc(C(=O)O)c1=O. The lowest BCUT2D eigenvalue weighted by Gasteiger charge is -2.02. The van der Waals surface area contributed by atoms with Crippen LogP contribution in [-0.4, -0.2) is 15.6 Å². The summed E-state index contributed by atoms with van der Waals surface area (Å²) in [6.07, 6.45) is 6.97. The Morgan fingerprint density at radius 2 is 2.36 bits per heavy atom. The van der Waals surface area contributed by atoms with Gasteiger partial charge < -0.3 is 9.67 Å². The number of hydrogen-bond acceptors (Lipinski definition) is 2. The van der Waals surface area contributed by atoms with Crippen molar-refractivity contribution in [2.45, 2.75) is 13.0 Å². The second-order valence-electron chi connectivity index (χ2n) is 2.68. The van der Waals surface area contributed by atoms with Gasteiger partial charge in [-0.15, -0.1) is 12.3 Å². The van der Waals surface area contributed by atoms with E-state index in [9.17, 15) is 9.59 Å². The van der Waals surface area contributed by atoms with Crippen LogP contribution in [0.4, 0.5) is 0 Å². The Bertz CT molecular complexity index is 439. The maximum Gasteiger partial charge on any atom is 0.341 e. The van der Waals surface area contributed by atoms with Gasteiger partial charge in [0.1, 0.15) is 5.56 Å². The molecular formula is C10H9NO3. The minimum absolute atomic E-state index is 0.232. The van der Waals surface area contributed by atoms with Gasteiger partial charge in [-0.1, -0.05) is 0 Å². The van der Waals surface area contributed by atoms with Crippen molar-refractivity contribution in [3.05, 3.63) is 34.2 Å². The van der Waals surface area contributed by atoms with E-state index in [-0.39, 0.29) is 5.56 Å². The Balaban J connectivity index is 3.09. The molecule has 0 saturated carbocycles. The number of terminal acetylenes is 1. The number of aromatic nitrogens is 1. The molecule has 0 aromatic carbocycles. The van der Waals surface area contributed by atoms with E-state index >= 15 is 0 Å². The molecule has 1 heterocycles. The maximum absolute atomic E-state index is 11.4. The quantitative estimate of drug-likeness (QED) is 0.710. The lowest BCUT2D eigenvalue weighted by molar-refractivity contribution is 0.0694. The van der Waals surface area contributed by atoms with E-state index in [1.165, 1.54) is 22.9 Å². The van der Waals surface area contributed by atoms with Gasteiger partial charge in [0, 0.05) is 19.2 Å². The molecule has 1 rings (SSSR count). The highest BCUT2D eigenvalue weighted by Gasteiger charge is 2.08. The molecule has 0 unspecified atom stereocenters. The molecule has 4 nitrogen and oxygen atoms in total. The largest absolute Gasteiger partial charge is 0.477 e. The second-order valence-corrected chi connectivity index (χ2v) is 2.68. The predicted octanol–water partition coefficient (Wildman–Crippen LogP) is 0.570. The Kier molecular flexibility index (Phi) is 3.08. The molecule has 0 aliphatic carbocycles. The van der Waals surface area contributed by atoms with Gasteiger partial charge in [-0.3, -0.25) is 4.79 Å². The highest BCUT2D eigenvalue weighted by Crippen LogP contribution is 1.93. The van der Waals surface area contributed by atoms with Crippen LogP contribution in [0.15, 0.2) is 23.1 Å². The Hall–Kier alpha value is -2.02. The summed E-state index contributed by atoms with van der Waals surface area (Å²) in [5, 5.41) is 8.66. The molecule has 0 aliphatic heterocycles. The summed E-state index contributed by atoms with van der Waals surface area (Å²) in [7, 11) is 0. The van der Waals surface area contributed by atoms with Crippen molar-refractivity contribution >= 4 is 5.97 Å². The summed E-state index contributed by atoms with van der Waals surface area (Å²) in [6.45, 7) is 0.344. The third-order valence-electron chi connectivity index (χ3n) is 1.75. The van der Waals surface area contributed by atoms with Gasteiger partial charge in [0.25, 0.3) is 5.56 Å². The first-order valence-electron chi connectivity index (χ1n) is 4.03. The minimum atomic E-state index is -1.22. The van der Waals surface area contributed by atoms with Crippen LogP contribution in [0.2, 0.25) is 0 Å². The monoisotopic (exact) mass is 191 g/mol. The first-order chi connectivity index (χ1) is 6.66. The number of aromatic carboxylic acids is 1. The number of nitrogens with zero attached hydrogens (tertiary/aromatic N) is 1. The van der Waals surface area contributed by atoms with Crippen molar-refractivity contribution in [1.82, 2.24) is 4.57 Å². The van der Waals surface area contributed by atoms with E-state index in [0.717, 1.165) is 0 Å². The zero-order valence-electron chi connectivity index (χ0n) is 7.43. The third-order valence-corrected chi connectivity index (χ3v) is 1.75. The van der Waals surface area contributed by atoms with Crippen LogP contribution in [0.3, 0.4) is 0 Å². The van der Waals surface area contributed by atoms with Crippen LogP contribution in [0, 0.1) is 12.3 Å². The molecule has 1 aromatic rings. The van der Waals surface area contributed by atoms with E-state index in [1.54, 1.807) is 0 Å². The molecular weight excluding hydrogens is 182 g/mol. The van der Waals surface area contributed by atoms with Crippen molar-refractivity contribution in [3.8, 4) is 12.3 Å². The summed E-state index contributed by atoms with van der Waals surface area (Å²) in [4.78, 5) is 22.0. The van der Waals surface area contributed by atoms with E-state index < -0.39 is 11.5 Å². The fourth-order valence-corrected chi connectivity index (χ4v) is 1.06. The van der Waals surface area contributed by atoms with Gasteiger partial charge in [-0.05, 0) is 12.1 Å². The highest BCUT2D eigenvalue weighted by molar-refractivity contribution is 5.86. The van der Waals surface area contributed by atoms with E-state index in [1.807, 2.05) is 0 Å². The van der Waals surface area contributed by atoms with Gasteiger partial charge in [-0.25, -0.2) is 4.79 Å². The summed E-state index contributed by atoms with van der Waals surface area (Å²) in [6, 6.07) is 2.79. The zero-order valence-corrected chi connectivity index (χ0v) is 7.43. The topological polar surface area (TPSA) is 59.3 Å². The van der Waals surface area contributed by atoms with Crippen molar-refractivity contribution in [3.63, 3.8) is 0 Å². The normalized spacial score (nSPS) is 9.36. The summed E-state index contributed by atoms with van der Waals surface area (Å²) >= 11 is 0. The average Bonchev–Trinajstić information content (AvgIpc) is 2.16. The molecule has 0 fully saturated rings. The maximum atomic E-state index is 11.4. The fraction of sp³-hybridized carbons (Fsp3) is 0.200. The van der Waals surface area contributed by atoms with Crippen LogP contribution in [0.1, 0.15) is 16.8 Å². The van der Waals surface area contributed by atoms with Crippen LogP contribution in [0.25, 0.3) is 0 Å². The first kappa shape index (κ1) is 10.1. The minimum Gasteiger partial charge on any atom is -0.477 e. The number of rotatable bonds is 3. The highest BCUT2D eigenvalue weighted by atomic mass is 16.4. The van der Waals surface area contributed by atoms with Crippen LogP contribution >= 0.6 is 0 Å². The smallest absolute Gasteiger partial charge is 0.341 e. The molecule has 0 bridgehead atoms. The van der Waals surface area contributed by atoms with Crippen molar-refractivity contribution in [2.75, 3.05) is 0 Å². The van der Waals surface area contributed by atoms with Gasteiger partial charge in [-0.2, -0.15) is 0 Å². The van der Waals surface area contributed by atoms with Crippen LogP contribution in [-0.2, 0) is 6.54 Å². The molecule has 0 spiro atoms. The van der Waals surface area contributed by atoms with Gasteiger partial charge >= 0.3 is 5.97 Å². The Morgan fingerprint density at radius 3 is 2.93 bits per heavy atom. The number of pyridine rings is 1. The number of hydrogen-bond donors (Lipinski definition) is 1. The Labute approximate surface area is 80.8 Å². The number of carbonyl (C=O) groups is 1. The molecule has 4 heteroatoms.